The van der Waals surface area contributed by atoms with E-state index in [-0.39, 0.29) is 30.2 Å². The smallest absolute Gasteiger partial charge is 0.241 e. The molecule has 1 unspecified atom stereocenters. The van der Waals surface area contributed by atoms with Crippen molar-refractivity contribution in [2.75, 3.05) is 12.9 Å². The first-order valence-corrected chi connectivity index (χ1v) is 8.23. The molecule has 0 spiro atoms. The summed E-state index contributed by atoms with van der Waals surface area (Å²) in [7, 11) is -3.20. The summed E-state index contributed by atoms with van der Waals surface area (Å²) in [5.41, 5.74) is 5.20. The molecule has 108 valence electrons. The minimum absolute atomic E-state index is 0.0535. The van der Waals surface area contributed by atoms with Gasteiger partial charge in [0.05, 0.1) is 12.7 Å². The highest BCUT2D eigenvalue weighted by molar-refractivity contribution is 7.89. The molecule has 0 bridgehead atoms. The van der Waals surface area contributed by atoms with Crippen molar-refractivity contribution in [1.82, 2.24) is 10.1 Å². The Balaban J connectivity index is 1.98. The monoisotopic (exact) mass is 289 g/mol. The Morgan fingerprint density at radius 2 is 2.21 bits per heavy atom. The van der Waals surface area contributed by atoms with Gasteiger partial charge < -0.3 is 15.0 Å². The summed E-state index contributed by atoms with van der Waals surface area (Å²) in [5.74, 6) is 0.0443. The largest absolute Gasteiger partial charge is 0.376 e. The zero-order chi connectivity index (χ0) is 14.1. The molecule has 0 saturated heterocycles. The molecule has 19 heavy (non-hydrogen) atoms. The van der Waals surface area contributed by atoms with Crippen LogP contribution in [0, 0.1) is 0 Å². The molecule has 1 fully saturated rings. The lowest BCUT2D eigenvalue weighted by Gasteiger charge is -2.29. The number of hydrogen-bond donors (Lipinski definition) is 1. The maximum Gasteiger partial charge on any atom is 0.241 e. The van der Waals surface area contributed by atoms with Gasteiger partial charge >= 0.3 is 0 Å². The van der Waals surface area contributed by atoms with Crippen molar-refractivity contribution in [2.24, 2.45) is 5.73 Å². The van der Waals surface area contributed by atoms with Crippen LogP contribution in [0.4, 0.5) is 0 Å². The summed E-state index contributed by atoms with van der Waals surface area (Å²) in [4.78, 5) is 4.03. The highest BCUT2D eigenvalue weighted by Gasteiger charge is 2.30. The number of nitrogens with two attached hydrogens (primary N) is 1. The molecule has 8 heteroatoms. The topological polar surface area (TPSA) is 108 Å². The van der Waals surface area contributed by atoms with Gasteiger partial charge in [-0.3, -0.25) is 0 Å². The maximum atomic E-state index is 11.1. The first-order valence-electron chi connectivity index (χ1n) is 6.17. The highest BCUT2D eigenvalue weighted by atomic mass is 32.2. The molecule has 2 rings (SSSR count). The fourth-order valence-electron chi connectivity index (χ4n) is 1.66. The Bertz CT molecular complexity index is 534. The fraction of sp³-hybridized carbons (Fsp3) is 0.818. The van der Waals surface area contributed by atoms with Crippen LogP contribution in [-0.4, -0.2) is 37.5 Å². The van der Waals surface area contributed by atoms with Crippen molar-refractivity contribution in [2.45, 2.75) is 43.6 Å². The van der Waals surface area contributed by atoms with Gasteiger partial charge in [0.25, 0.3) is 0 Å². The van der Waals surface area contributed by atoms with Gasteiger partial charge in [0, 0.05) is 6.26 Å². The molecule has 1 heterocycles. The van der Waals surface area contributed by atoms with E-state index in [1.54, 1.807) is 6.92 Å². The van der Waals surface area contributed by atoms with E-state index >= 15 is 0 Å². The second-order valence-corrected chi connectivity index (χ2v) is 7.50. The van der Waals surface area contributed by atoms with Crippen molar-refractivity contribution in [3.63, 3.8) is 0 Å². The normalized spacial score (nSPS) is 19.9. The molecule has 0 aromatic carbocycles. The molecule has 0 radical (unpaired) electrons. The number of hydrogen-bond acceptors (Lipinski definition) is 7. The van der Waals surface area contributed by atoms with E-state index in [1.807, 2.05) is 0 Å². The van der Waals surface area contributed by atoms with Crippen LogP contribution >= 0.6 is 0 Å². The highest BCUT2D eigenvalue weighted by Crippen LogP contribution is 2.24. The second-order valence-electron chi connectivity index (χ2n) is 5.36. The van der Waals surface area contributed by atoms with Crippen LogP contribution < -0.4 is 5.73 Å². The van der Waals surface area contributed by atoms with Crippen molar-refractivity contribution < 1.29 is 17.7 Å². The minimum atomic E-state index is -3.20. The van der Waals surface area contributed by atoms with Gasteiger partial charge in [-0.25, -0.2) is 8.42 Å². The lowest BCUT2D eigenvalue weighted by molar-refractivity contribution is -0.0222. The molecule has 1 aromatic rings. The first kappa shape index (κ1) is 14.4. The van der Waals surface area contributed by atoms with Crippen molar-refractivity contribution in [3.8, 4) is 0 Å². The van der Waals surface area contributed by atoms with E-state index in [0.717, 1.165) is 19.1 Å². The average molecular weight is 289 g/mol. The third-order valence-electron chi connectivity index (χ3n) is 3.04. The van der Waals surface area contributed by atoms with Crippen LogP contribution in [-0.2, 0) is 25.9 Å². The van der Waals surface area contributed by atoms with Gasteiger partial charge in [-0.15, -0.1) is 0 Å². The Hall–Kier alpha value is -0.990. The molecule has 1 aliphatic rings. The summed E-state index contributed by atoms with van der Waals surface area (Å²) in [5, 5.41) is 3.74. The van der Waals surface area contributed by atoms with Crippen LogP contribution in [0.25, 0.3) is 0 Å². The van der Waals surface area contributed by atoms with Gasteiger partial charge in [-0.1, -0.05) is 5.16 Å². The van der Waals surface area contributed by atoms with Gasteiger partial charge in [0.1, 0.15) is 11.3 Å². The van der Waals surface area contributed by atoms with Crippen molar-refractivity contribution >= 4 is 9.84 Å². The molecule has 1 aromatic heterocycles. The summed E-state index contributed by atoms with van der Waals surface area (Å²) < 4.78 is 32.8. The van der Waals surface area contributed by atoms with Crippen LogP contribution in [0.15, 0.2) is 4.52 Å². The summed E-state index contributed by atoms with van der Waals surface area (Å²) >= 11 is 0. The molecule has 0 amide bonds. The van der Waals surface area contributed by atoms with E-state index in [1.165, 1.54) is 6.42 Å². The lowest BCUT2D eigenvalue weighted by Crippen LogP contribution is -2.41. The van der Waals surface area contributed by atoms with Crippen LogP contribution in [0.2, 0.25) is 0 Å². The van der Waals surface area contributed by atoms with E-state index < -0.39 is 15.4 Å². The third-order valence-corrected chi connectivity index (χ3v) is 3.81. The second kappa shape index (κ2) is 5.18. The standard InChI is InChI=1S/C11H19N3O4S/c1-11(12,7-17-8-4-3-5-8)10-13-9(18-14-10)6-19(2,15)16/h8H,3-7,12H2,1-2H3. The number of ether oxygens (including phenoxy) is 1. The van der Waals surface area contributed by atoms with Crippen molar-refractivity contribution in [3.05, 3.63) is 11.7 Å². The molecular formula is C11H19N3O4S. The summed E-state index contributed by atoms with van der Waals surface area (Å²) in [6, 6.07) is 0. The van der Waals surface area contributed by atoms with Crippen LogP contribution in [0.5, 0.6) is 0 Å². The van der Waals surface area contributed by atoms with E-state index in [4.69, 9.17) is 15.0 Å². The molecule has 0 aliphatic heterocycles. The number of sulfone groups is 1. The van der Waals surface area contributed by atoms with Crippen molar-refractivity contribution in [1.29, 1.82) is 0 Å². The number of aromatic nitrogens is 2. The Morgan fingerprint density at radius 1 is 1.53 bits per heavy atom. The van der Waals surface area contributed by atoms with Crippen LogP contribution in [0.3, 0.4) is 0 Å². The molecule has 1 atom stereocenters. The number of rotatable bonds is 6. The quantitative estimate of drug-likeness (QED) is 0.805. The predicted molar refractivity (Wildman–Crippen MR) is 68.0 cm³/mol. The molecule has 7 nitrogen and oxygen atoms in total. The average Bonchev–Trinajstić information content (AvgIpc) is 2.61. The molecule has 1 aliphatic carbocycles. The van der Waals surface area contributed by atoms with Gasteiger partial charge in [0.2, 0.25) is 5.89 Å². The fourth-order valence-corrected chi connectivity index (χ4v) is 2.23. The van der Waals surface area contributed by atoms with Crippen LogP contribution in [0.1, 0.15) is 37.9 Å². The van der Waals surface area contributed by atoms with Gasteiger partial charge in [0.15, 0.2) is 15.7 Å². The zero-order valence-corrected chi connectivity index (χ0v) is 11.9. The van der Waals surface area contributed by atoms with E-state index in [9.17, 15) is 8.42 Å². The Morgan fingerprint density at radius 3 is 2.74 bits per heavy atom. The Kier molecular flexibility index (Phi) is 3.93. The first-order chi connectivity index (χ1) is 8.76. The van der Waals surface area contributed by atoms with E-state index in [0.29, 0.717) is 0 Å². The molecule has 1 saturated carbocycles. The van der Waals surface area contributed by atoms with Gasteiger partial charge in [-0.05, 0) is 26.2 Å². The van der Waals surface area contributed by atoms with E-state index in [2.05, 4.69) is 10.1 Å². The molecule has 2 N–H and O–H groups in total. The molecular weight excluding hydrogens is 270 g/mol. The predicted octanol–water partition coefficient (Wildman–Crippen LogP) is 0.357. The minimum Gasteiger partial charge on any atom is -0.376 e. The number of nitrogens with zero attached hydrogens (tertiary/aromatic N) is 2. The summed E-state index contributed by atoms with van der Waals surface area (Å²) in [6.45, 7) is 2.02. The van der Waals surface area contributed by atoms with Gasteiger partial charge in [-0.2, -0.15) is 4.98 Å². The third kappa shape index (κ3) is 3.99. The lowest BCUT2D eigenvalue weighted by atomic mass is 9.95. The maximum absolute atomic E-state index is 11.1. The summed E-state index contributed by atoms with van der Waals surface area (Å²) in [6.07, 6.45) is 4.68. The SMILES string of the molecule is CC(N)(COC1CCC1)c1noc(CS(C)(=O)=O)n1. The Labute approximate surface area is 112 Å². The zero-order valence-electron chi connectivity index (χ0n) is 11.1.